The molecule has 0 spiro atoms. The maximum absolute atomic E-state index is 13.5. The number of likely N-dealkylation sites (tertiary alicyclic amines) is 1. The van der Waals surface area contributed by atoms with Crippen LogP contribution in [-0.2, 0) is 19.0 Å². The maximum Gasteiger partial charge on any atom is 0.255 e. The highest BCUT2D eigenvalue weighted by atomic mass is 16.5. The van der Waals surface area contributed by atoms with Crippen molar-refractivity contribution in [3.8, 4) is 22.7 Å². The number of anilines is 1. The third kappa shape index (κ3) is 5.51. The van der Waals surface area contributed by atoms with Crippen molar-refractivity contribution < 1.29 is 9.53 Å². The van der Waals surface area contributed by atoms with Crippen molar-refractivity contribution in [3.05, 3.63) is 70.7 Å². The van der Waals surface area contributed by atoms with Gasteiger partial charge in [-0.25, -0.2) is 4.68 Å². The Morgan fingerprint density at radius 2 is 1.85 bits per heavy atom. The molecule has 210 valence electrons. The lowest BCUT2D eigenvalue weighted by molar-refractivity contribution is 0.102. The van der Waals surface area contributed by atoms with Gasteiger partial charge in [0.1, 0.15) is 11.4 Å². The van der Waals surface area contributed by atoms with E-state index in [0.29, 0.717) is 5.56 Å². The summed E-state index contributed by atoms with van der Waals surface area (Å²) in [5.41, 5.74) is 7.79. The van der Waals surface area contributed by atoms with Crippen molar-refractivity contribution in [2.45, 2.75) is 59.4 Å². The standard InChI is InChI=1S/C31H39N7O2/c1-20-10-11-22(15-28(20)38-19-27(34-35-38)25-17-32-36(6)21(25)2)30(39)33-24-14-23(18-37-12-8-9-13-37)29(40-7)26(16-24)31(3,4)5/h10-11,14-17,19H,8-9,12-13,18H2,1-7H3,(H,33,39). The Labute approximate surface area is 236 Å². The van der Waals surface area contributed by atoms with Crippen LogP contribution in [0.25, 0.3) is 16.9 Å². The fraction of sp³-hybridized carbons (Fsp3) is 0.419. The molecule has 1 N–H and O–H groups in total. The Kier molecular flexibility index (Phi) is 7.51. The van der Waals surface area contributed by atoms with E-state index >= 15 is 0 Å². The number of nitrogens with zero attached hydrogens (tertiary/aromatic N) is 6. The van der Waals surface area contributed by atoms with Gasteiger partial charge in [0.15, 0.2) is 0 Å². The van der Waals surface area contributed by atoms with Gasteiger partial charge >= 0.3 is 0 Å². The molecule has 9 heteroatoms. The summed E-state index contributed by atoms with van der Waals surface area (Å²) in [6.07, 6.45) is 6.10. The van der Waals surface area contributed by atoms with Gasteiger partial charge in [-0.3, -0.25) is 14.4 Å². The van der Waals surface area contributed by atoms with Gasteiger partial charge in [-0.05, 0) is 75.0 Å². The molecule has 9 nitrogen and oxygen atoms in total. The molecule has 0 aliphatic carbocycles. The molecule has 3 heterocycles. The summed E-state index contributed by atoms with van der Waals surface area (Å²) in [6.45, 7) is 13.5. The fourth-order valence-corrected chi connectivity index (χ4v) is 5.31. The summed E-state index contributed by atoms with van der Waals surface area (Å²) in [5.74, 6) is 0.725. The monoisotopic (exact) mass is 541 g/mol. The van der Waals surface area contributed by atoms with Crippen molar-refractivity contribution in [2.24, 2.45) is 7.05 Å². The summed E-state index contributed by atoms with van der Waals surface area (Å²) in [5, 5.41) is 16.2. The molecule has 0 bridgehead atoms. The van der Waals surface area contributed by atoms with E-state index in [9.17, 15) is 4.79 Å². The summed E-state index contributed by atoms with van der Waals surface area (Å²) in [7, 11) is 3.63. The molecule has 2 aromatic carbocycles. The molecule has 40 heavy (non-hydrogen) atoms. The number of methoxy groups -OCH3 is 1. The SMILES string of the molecule is COc1c(CN2CCCC2)cc(NC(=O)c2ccc(C)c(-n3cc(-c4cnn(C)c4C)nn3)c2)cc1C(C)(C)C. The molecule has 4 aromatic rings. The van der Waals surface area contributed by atoms with Crippen LogP contribution in [0.15, 0.2) is 42.7 Å². The van der Waals surface area contributed by atoms with E-state index in [1.54, 1.807) is 18.0 Å². The van der Waals surface area contributed by atoms with Crippen LogP contribution < -0.4 is 10.1 Å². The van der Waals surface area contributed by atoms with E-state index in [1.165, 1.54) is 12.8 Å². The number of ether oxygens (including phenoxy) is 1. The average Bonchev–Trinajstić information content (AvgIpc) is 3.66. The van der Waals surface area contributed by atoms with E-state index in [2.05, 4.69) is 52.5 Å². The molecule has 1 aliphatic heterocycles. The van der Waals surface area contributed by atoms with Crippen LogP contribution in [0.2, 0.25) is 0 Å². The second-order valence-electron chi connectivity index (χ2n) is 11.7. The molecule has 1 aliphatic rings. The van der Waals surface area contributed by atoms with Gasteiger partial charge in [0.2, 0.25) is 0 Å². The summed E-state index contributed by atoms with van der Waals surface area (Å²) >= 11 is 0. The zero-order chi connectivity index (χ0) is 28.6. The molecular formula is C31H39N7O2. The lowest BCUT2D eigenvalue weighted by Crippen LogP contribution is -2.21. The largest absolute Gasteiger partial charge is 0.496 e. The van der Waals surface area contributed by atoms with Crippen LogP contribution in [-0.4, -0.2) is 55.8 Å². The highest BCUT2D eigenvalue weighted by molar-refractivity contribution is 6.04. The lowest BCUT2D eigenvalue weighted by Gasteiger charge is -2.27. The normalized spacial score (nSPS) is 14.1. The number of carbonyl (C=O) groups is 1. The van der Waals surface area contributed by atoms with Crippen molar-refractivity contribution in [1.82, 2.24) is 29.7 Å². The van der Waals surface area contributed by atoms with Gasteiger partial charge in [-0.1, -0.05) is 32.1 Å². The second-order valence-corrected chi connectivity index (χ2v) is 11.7. The number of aryl methyl sites for hydroxylation is 2. The van der Waals surface area contributed by atoms with Crippen LogP contribution in [0.4, 0.5) is 5.69 Å². The summed E-state index contributed by atoms with van der Waals surface area (Å²) in [4.78, 5) is 16.0. The van der Waals surface area contributed by atoms with E-state index in [0.717, 1.165) is 70.4 Å². The van der Waals surface area contributed by atoms with Crippen LogP contribution in [0.1, 0.15) is 66.4 Å². The molecule has 1 amide bonds. The van der Waals surface area contributed by atoms with Crippen molar-refractivity contribution in [1.29, 1.82) is 0 Å². The van der Waals surface area contributed by atoms with Gasteiger partial charge in [0, 0.05) is 47.2 Å². The van der Waals surface area contributed by atoms with E-state index in [1.807, 2.05) is 56.0 Å². The van der Waals surface area contributed by atoms with Crippen LogP contribution in [0, 0.1) is 13.8 Å². The van der Waals surface area contributed by atoms with E-state index in [-0.39, 0.29) is 11.3 Å². The minimum absolute atomic E-state index is 0.152. The maximum atomic E-state index is 13.5. The van der Waals surface area contributed by atoms with Crippen molar-refractivity contribution >= 4 is 11.6 Å². The average molecular weight is 542 g/mol. The molecule has 0 saturated carbocycles. The fourth-order valence-electron chi connectivity index (χ4n) is 5.31. The predicted molar refractivity (Wildman–Crippen MR) is 157 cm³/mol. The number of carbonyl (C=O) groups excluding carboxylic acids is 1. The molecule has 1 saturated heterocycles. The van der Waals surface area contributed by atoms with Gasteiger partial charge < -0.3 is 10.1 Å². The van der Waals surface area contributed by atoms with Crippen molar-refractivity contribution in [3.63, 3.8) is 0 Å². The zero-order valence-corrected chi connectivity index (χ0v) is 24.6. The zero-order valence-electron chi connectivity index (χ0n) is 24.6. The quantitative estimate of drug-likeness (QED) is 0.335. The number of nitrogens with one attached hydrogen (secondary N) is 1. The van der Waals surface area contributed by atoms with Gasteiger partial charge in [-0.2, -0.15) is 5.10 Å². The first-order chi connectivity index (χ1) is 19.0. The van der Waals surface area contributed by atoms with E-state index < -0.39 is 0 Å². The van der Waals surface area contributed by atoms with Crippen LogP contribution >= 0.6 is 0 Å². The number of amides is 1. The van der Waals surface area contributed by atoms with Gasteiger partial charge in [-0.15, -0.1) is 5.10 Å². The third-order valence-electron chi connectivity index (χ3n) is 7.75. The highest BCUT2D eigenvalue weighted by Gasteiger charge is 2.25. The lowest BCUT2D eigenvalue weighted by atomic mass is 9.84. The highest BCUT2D eigenvalue weighted by Crippen LogP contribution is 2.38. The molecule has 2 aromatic heterocycles. The predicted octanol–water partition coefficient (Wildman–Crippen LogP) is 5.44. The minimum Gasteiger partial charge on any atom is -0.496 e. The molecular weight excluding hydrogens is 502 g/mol. The number of hydrogen-bond donors (Lipinski definition) is 1. The number of benzene rings is 2. The number of hydrogen-bond acceptors (Lipinski definition) is 6. The first kappa shape index (κ1) is 27.6. The summed E-state index contributed by atoms with van der Waals surface area (Å²) in [6, 6.07) is 9.74. The molecule has 0 radical (unpaired) electrons. The second kappa shape index (κ2) is 10.9. The first-order valence-electron chi connectivity index (χ1n) is 13.8. The van der Waals surface area contributed by atoms with Gasteiger partial charge in [0.05, 0.1) is 25.2 Å². The Balaban J connectivity index is 1.44. The number of rotatable bonds is 7. The van der Waals surface area contributed by atoms with Crippen molar-refractivity contribution in [2.75, 3.05) is 25.5 Å². The first-order valence-corrected chi connectivity index (χ1v) is 13.8. The Bertz CT molecular complexity index is 1540. The minimum atomic E-state index is -0.179. The van der Waals surface area contributed by atoms with Gasteiger partial charge in [0.25, 0.3) is 5.91 Å². The third-order valence-corrected chi connectivity index (χ3v) is 7.75. The topological polar surface area (TPSA) is 90.1 Å². The summed E-state index contributed by atoms with van der Waals surface area (Å²) < 4.78 is 9.44. The molecule has 0 unspecified atom stereocenters. The Hall–Kier alpha value is -3.98. The molecule has 1 fully saturated rings. The number of aromatic nitrogens is 5. The van der Waals surface area contributed by atoms with Crippen LogP contribution in [0.5, 0.6) is 5.75 Å². The Morgan fingerprint density at radius 1 is 1.10 bits per heavy atom. The van der Waals surface area contributed by atoms with Crippen LogP contribution in [0.3, 0.4) is 0 Å². The Morgan fingerprint density at radius 3 is 2.50 bits per heavy atom. The molecule has 5 rings (SSSR count). The van der Waals surface area contributed by atoms with E-state index in [4.69, 9.17) is 4.74 Å². The molecule has 0 atom stereocenters. The smallest absolute Gasteiger partial charge is 0.255 e.